The topological polar surface area (TPSA) is 88.5 Å². The van der Waals surface area contributed by atoms with Gasteiger partial charge in [0.2, 0.25) is 0 Å². The highest BCUT2D eigenvalue weighted by Crippen LogP contribution is 2.64. The fourth-order valence-corrected chi connectivity index (χ4v) is 6.50. The first kappa shape index (κ1) is 20.3. The summed E-state index contributed by atoms with van der Waals surface area (Å²) >= 11 is 0. The van der Waals surface area contributed by atoms with Crippen molar-refractivity contribution in [3.05, 3.63) is 12.2 Å². The van der Waals surface area contributed by atoms with Gasteiger partial charge in [-0.15, -0.1) is 0 Å². The van der Waals surface area contributed by atoms with Crippen LogP contribution in [0.2, 0.25) is 0 Å². The molecule has 0 aromatic carbocycles. The SMILES string of the molecule is C=C1C[C@H]2O[C@H]([C@@H]3[C@@H](C(C)C)[C@H](O)[C@H]4O[C@@]4(C)[C@@H]32)[C@](C)(OC(C)=O)CC[C@@H]1O. The highest BCUT2D eigenvalue weighted by Gasteiger charge is 2.75. The summed E-state index contributed by atoms with van der Waals surface area (Å²) in [5.41, 5.74) is -0.569. The molecule has 4 fully saturated rings. The molecule has 10 atom stereocenters. The van der Waals surface area contributed by atoms with Crippen LogP contribution in [-0.2, 0) is 19.0 Å². The van der Waals surface area contributed by atoms with E-state index in [0.717, 1.165) is 5.57 Å². The van der Waals surface area contributed by atoms with Crippen LogP contribution in [0.25, 0.3) is 0 Å². The molecular weight excluding hydrogens is 360 g/mol. The molecule has 3 aliphatic heterocycles. The molecule has 0 spiro atoms. The maximum Gasteiger partial charge on any atom is 0.303 e. The van der Waals surface area contributed by atoms with E-state index in [2.05, 4.69) is 27.4 Å². The van der Waals surface area contributed by atoms with Crippen LogP contribution in [0.4, 0.5) is 0 Å². The van der Waals surface area contributed by atoms with Gasteiger partial charge in [0.15, 0.2) is 0 Å². The third-order valence-corrected chi connectivity index (χ3v) is 7.78. The number of aliphatic hydroxyl groups is 2. The summed E-state index contributed by atoms with van der Waals surface area (Å²) in [6.45, 7) is 13.7. The Bertz CT molecular complexity index is 676. The maximum absolute atomic E-state index is 12.0. The minimum Gasteiger partial charge on any atom is -0.457 e. The Morgan fingerprint density at radius 1 is 1.29 bits per heavy atom. The molecule has 0 aromatic heterocycles. The number of esters is 1. The van der Waals surface area contributed by atoms with Gasteiger partial charge < -0.3 is 24.4 Å². The van der Waals surface area contributed by atoms with E-state index in [-0.39, 0.29) is 48.0 Å². The minimum absolute atomic E-state index is 0.00641. The summed E-state index contributed by atoms with van der Waals surface area (Å²) in [6.07, 6.45) is -0.409. The molecule has 2 bridgehead atoms. The molecule has 2 N–H and O–H groups in total. The van der Waals surface area contributed by atoms with Gasteiger partial charge in [0, 0.05) is 18.8 Å². The lowest BCUT2D eigenvalue weighted by atomic mass is 9.58. The van der Waals surface area contributed by atoms with Crippen LogP contribution in [0.3, 0.4) is 0 Å². The predicted octanol–water partition coefficient (Wildman–Crippen LogP) is 2.21. The average Bonchev–Trinajstić information content (AvgIpc) is 3.13. The van der Waals surface area contributed by atoms with E-state index in [1.54, 1.807) is 0 Å². The molecule has 6 nitrogen and oxygen atoms in total. The number of carbonyl (C=O) groups is 1. The number of hydrogen-bond acceptors (Lipinski definition) is 6. The van der Waals surface area contributed by atoms with Crippen molar-refractivity contribution in [1.29, 1.82) is 0 Å². The second-order valence-electron chi connectivity index (χ2n) is 10.1. The van der Waals surface area contributed by atoms with Crippen molar-refractivity contribution in [3.8, 4) is 0 Å². The normalized spacial score (nSPS) is 52.9. The van der Waals surface area contributed by atoms with Crippen LogP contribution in [0, 0.1) is 23.7 Å². The lowest BCUT2D eigenvalue weighted by Gasteiger charge is -2.46. The summed E-state index contributed by atoms with van der Waals surface area (Å²) in [5.74, 6) is -0.0539. The Morgan fingerprint density at radius 2 is 1.96 bits per heavy atom. The Morgan fingerprint density at radius 3 is 2.57 bits per heavy atom. The van der Waals surface area contributed by atoms with Gasteiger partial charge in [0.25, 0.3) is 0 Å². The highest BCUT2D eigenvalue weighted by atomic mass is 16.6. The first-order valence-electron chi connectivity index (χ1n) is 10.6. The summed E-state index contributed by atoms with van der Waals surface area (Å²) in [5, 5.41) is 21.6. The first-order valence-corrected chi connectivity index (χ1v) is 10.6. The molecule has 0 aromatic rings. The molecule has 0 unspecified atom stereocenters. The van der Waals surface area contributed by atoms with Gasteiger partial charge in [-0.25, -0.2) is 0 Å². The molecule has 1 aliphatic carbocycles. The lowest BCUT2D eigenvalue weighted by molar-refractivity contribution is -0.181. The maximum atomic E-state index is 12.0. The van der Waals surface area contributed by atoms with Crippen molar-refractivity contribution in [2.75, 3.05) is 0 Å². The zero-order valence-electron chi connectivity index (χ0n) is 17.6. The van der Waals surface area contributed by atoms with Crippen molar-refractivity contribution in [1.82, 2.24) is 0 Å². The van der Waals surface area contributed by atoms with Crippen molar-refractivity contribution in [2.45, 2.75) is 95.6 Å². The second-order valence-corrected chi connectivity index (χ2v) is 10.1. The number of carbonyl (C=O) groups excluding carboxylic acids is 1. The van der Waals surface area contributed by atoms with Gasteiger partial charge in [0.05, 0.1) is 18.3 Å². The average molecular weight is 395 g/mol. The Labute approximate surface area is 167 Å². The van der Waals surface area contributed by atoms with E-state index in [9.17, 15) is 15.0 Å². The zero-order valence-corrected chi connectivity index (χ0v) is 17.6. The van der Waals surface area contributed by atoms with Gasteiger partial charge in [-0.2, -0.15) is 0 Å². The molecule has 3 heterocycles. The van der Waals surface area contributed by atoms with Crippen LogP contribution in [-0.4, -0.2) is 57.9 Å². The van der Waals surface area contributed by atoms with E-state index in [1.807, 2.05) is 6.92 Å². The predicted molar refractivity (Wildman–Crippen MR) is 102 cm³/mol. The molecule has 3 saturated heterocycles. The second kappa shape index (κ2) is 6.53. The molecule has 4 rings (SSSR count). The van der Waals surface area contributed by atoms with Gasteiger partial charge in [-0.3, -0.25) is 4.79 Å². The summed E-state index contributed by atoms with van der Waals surface area (Å²) < 4.78 is 18.5. The number of rotatable bonds is 2. The van der Waals surface area contributed by atoms with Crippen LogP contribution in [0.1, 0.15) is 53.9 Å². The molecule has 6 heteroatoms. The molecule has 28 heavy (non-hydrogen) atoms. The number of fused-ring (bicyclic) bond motifs is 7. The van der Waals surface area contributed by atoms with Crippen molar-refractivity contribution < 1.29 is 29.2 Å². The Hall–Kier alpha value is -0.950. The van der Waals surface area contributed by atoms with E-state index >= 15 is 0 Å². The fourth-order valence-electron chi connectivity index (χ4n) is 6.50. The van der Waals surface area contributed by atoms with Crippen LogP contribution < -0.4 is 0 Å². The molecule has 158 valence electrons. The van der Waals surface area contributed by atoms with Crippen molar-refractivity contribution in [2.24, 2.45) is 23.7 Å². The van der Waals surface area contributed by atoms with Crippen molar-refractivity contribution in [3.63, 3.8) is 0 Å². The number of aliphatic hydroxyl groups excluding tert-OH is 2. The smallest absolute Gasteiger partial charge is 0.303 e. The van der Waals surface area contributed by atoms with E-state index < -0.39 is 23.4 Å². The molecule has 0 radical (unpaired) electrons. The first-order chi connectivity index (χ1) is 13.0. The monoisotopic (exact) mass is 394 g/mol. The zero-order chi connectivity index (χ0) is 20.6. The number of hydrogen-bond donors (Lipinski definition) is 2. The molecular formula is C22H34O6. The van der Waals surface area contributed by atoms with E-state index in [4.69, 9.17) is 14.2 Å². The van der Waals surface area contributed by atoms with Gasteiger partial charge >= 0.3 is 5.97 Å². The lowest BCUT2D eigenvalue weighted by Crippen LogP contribution is -2.57. The van der Waals surface area contributed by atoms with Crippen LogP contribution in [0.5, 0.6) is 0 Å². The number of epoxide rings is 1. The minimum atomic E-state index is -0.875. The summed E-state index contributed by atoms with van der Waals surface area (Å²) in [4.78, 5) is 12.0. The van der Waals surface area contributed by atoms with Crippen LogP contribution >= 0.6 is 0 Å². The highest BCUT2D eigenvalue weighted by molar-refractivity contribution is 5.66. The Kier molecular flexibility index (Phi) is 4.74. The summed E-state index contributed by atoms with van der Waals surface area (Å²) in [6, 6.07) is 0. The third-order valence-electron chi connectivity index (χ3n) is 7.78. The van der Waals surface area contributed by atoms with E-state index in [1.165, 1.54) is 6.92 Å². The molecule has 4 aliphatic rings. The van der Waals surface area contributed by atoms with Crippen LogP contribution in [0.15, 0.2) is 12.2 Å². The Balaban J connectivity index is 1.81. The summed E-state index contributed by atoms with van der Waals surface area (Å²) in [7, 11) is 0. The molecule has 1 saturated carbocycles. The van der Waals surface area contributed by atoms with E-state index in [0.29, 0.717) is 19.3 Å². The number of ether oxygens (including phenoxy) is 3. The van der Waals surface area contributed by atoms with Gasteiger partial charge in [0.1, 0.15) is 23.4 Å². The van der Waals surface area contributed by atoms with Crippen molar-refractivity contribution >= 4 is 5.97 Å². The molecule has 0 amide bonds. The quantitative estimate of drug-likeness (QED) is 0.424. The fraction of sp³-hybridized carbons (Fsp3) is 0.864. The van der Waals surface area contributed by atoms with Gasteiger partial charge in [-0.05, 0) is 50.5 Å². The third kappa shape index (κ3) is 2.87. The largest absolute Gasteiger partial charge is 0.457 e. The standard InChI is InChI=1S/C22H34O6/c1-10(2)15-16-17(22(6)20(28-22)18(15)25)14-9-11(3)13(24)7-8-21(5,19(16)26-14)27-12(4)23/h10,13-20,24-25H,3,7-9H2,1-2,4-6H3/t13-,14+,15+,16+,17+,18-,19+,20+,21+,22-/m0/s1. The van der Waals surface area contributed by atoms with Gasteiger partial charge in [-0.1, -0.05) is 20.4 Å².